The molecule has 0 amide bonds. The molecule has 2 N–H and O–H groups in total. The van der Waals surface area contributed by atoms with E-state index < -0.39 is 10.7 Å². The topological polar surface area (TPSA) is 101 Å². The first kappa shape index (κ1) is 17.6. The lowest BCUT2D eigenvalue weighted by atomic mass is 10.1. The number of nitro benzene ring substituents is 1. The minimum absolute atomic E-state index is 0.281. The first-order chi connectivity index (χ1) is 12.6. The van der Waals surface area contributed by atoms with Crippen LogP contribution in [0.4, 0.5) is 10.8 Å². The van der Waals surface area contributed by atoms with Crippen LogP contribution >= 0.6 is 11.3 Å². The van der Waals surface area contributed by atoms with Gasteiger partial charge >= 0.3 is 5.69 Å². The zero-order valence-electron chi connectivity index (χ0n) is 13.9. The molecule has 3 aromatic rings. The lowest BCUT2D eigenvalue weighted by molar-refractivity contribution is -0.385. The summed E-state index contributed by atoms with van der Waals surface area (Å²) < 4.78 is 0. The van der Waals surface area contributed by atoms with Gasteiger partial charge in [-0.2, -0.15) is 5.10 Å². The average Bonchev–Trinajstić information content (AvgIpc) is 3.12. The fraction of sp³-hybridized carbons (Fsp3) is 0.111. The largest absolute Gasteiger partial charge is 0.502 e. The van der Waals surface area contributed by atoms with Crippen molar-refractivity contribution in [2.24, 2.45) is 5.10 Å². The number of hydrazone groups is 1. The standard InChI is InChI=1S/C18H16N4O3S/c1-2-12-8-14(17(23)16(9-12)22(24)25)10-19-21-18-20-15(11-26-18)13-6-4-3-5-7-13/h3-11,23H,2H2,1H3,(H,20,21). The minimum Gasteiger partial charge on any atom is -0.502 e. The average molecular weight is 368 g/mol. The van der Waals surface area contributed by atoms with Crippen LogP contribution in [0.25, 0.3) is 11.3 Å². The smallest absolute Gasteiger partial charge is 0.311 e. The molecule has 0 fully saturated rings. The quantitative estimate of drug-likeness (QED) is 0.381. The Morgan fingerprint density at radius 2 is 2.12 bits per heavy atom. The van der Waals surface area contributed by atoms with Gasteiger partial charge in [0, 0.05) is 22.6 Å². The fourth-order valence-corrected chi connectivity index (χ4v) is 3.04. The summed E-state index contributed by atoms with van der Waals surface area (Å²) in [5.74, 6) is -0.401. The minimum atomic E-state index is -0.605. The molecule has 132 valence electrons. The molecule has 0 aliphatic carbocycles. The Morgan fingerprint density at radius 3 is 2.81 bits per heavy atom. The Morgan fingerprint density at radius 1 is 1.35 bits per heavy atom. The van der Waals surface area contributed by atoms with E-state index in [1.54, 1.807) is 6.07 Å². The Balaban J connectivity index is 1.78. The number of nitrogens with one attached hydrogen (secondary N) is 1. The van der Waals surface area contributed by atoms with Crippen molar-refractivity contribution in [2.45, 2.75) is 13.3 Å². The van der Waals surface area contributed by atoms with E-state index in [-0.39, 0.29) is 11.3 Å². The highest BCUT2D eigenvalue weighted by Gasteiger charge is 2.17. The van der Waals surface area contributed by atoms with E-state index in [1.807, 2.05) is 42.6 Å². The van der Waals surface area contributed by atoms with Crippen molar-refractivity contribution in [1.29, 1.82) is 0 Å². The third-order valence-electron chi connectivity index (χ3n) is 3.72. The van der Waals surface area contributed by atoms with E-state index in [0.29, 0.717) is 11.6 Å². The number of rotatable bonds is 6. The molecule has 0 spiro atoms. The fourth-order valence-electron chi connectivity index (χ4n) is 2.37. The number of thiazole rings is 1. The molecule has 0 radical (unpaired) electrons. The summed E-state index contributed by atoms with van der Waals surface area (Å²) in [5.41, 5.74) is 5.33. The van der Waals surface area contributed by atoms with Crippen LogP contribution in [0.3, 0.4) is 0 Å². The summed E-state index contributed by atoms with van der Waals surface area (Å²) in [5, 5.41) is 27.6. The van der Waals surface area contributed by atoms with Crippen LogP contribution in [-0.2, 0) is 6.42 Å². The molecule has 0 bridgehead atoms. The molecule has 0 unspecified atom stereocenters. The van der Waals surface area contributed by atoms with Gasteiger partial charge in [0.15, 0.2) is 0 Å². The van der Waals surface area contributed by atoms with Gasteiger partial charge in [0.2, 0.25) is 10.9 Å². The van der Waals surface area contributed by atoms with Crippen LogP contribution in [-0.4, -0.2) is 21.2 Å². The molecule has 7 nitrogen and oxygen atoms in total. The molecule has 0 saturated heterocycles. The van der Waals surface area contributed by atoms with Crippen LogP contribution in [0.2, 0.25) is 0 Å². The molecular weight excluding hydrogens is 352 g/mol. The number of hydrogen-bond acceptors (Lipinski definition) is 7. The molecule has 1 heterocycles. The number of phenols is 1. The van der Waals surface area contributed by atoms with Gasteiger partial charge < -0.3 is 5.11 Å². The van der Waals surface area contributed by atoms with E-state index in [0.717, 1.165) is 16.8 Å². The lowest BCUT2D eigenvalue weighted by Crippen LogP contribution is -1.97. The lowest BCUT2D eigenvalue weighted by Gasteiger charge is -2.04. The SMILES string of the molecule is CCc1cc(C=NNc2nc(-c3ccccc3)cs2)c(O)c([N+](=O)[O-])c1. The maximum atomic E-state index is 11.1. The van der Waals surface area contributed by atoms with Gasteiger partial charge in [-0.1, -0.05) is 37.3 Å². The first-order valence-electron chi connectivity index (χ1n) is 7.88. The molecule has 1 aromatic heterocycles. The Bertz CT molecular complexity index is 954. The Hall–Kier alpha value is -3.26. The number of nitro groups is 1. The zero-order valence-corrected chi connectivity index (χ0v) is 14.7. The highest BCUT2D eigenvalue weighted by atomic mass is 32.1. The molecular formula is C18H16N4O3S. The highest BCUT2D eigenvalue weighted by molar-refractivity contribution is 7.14. The van der Waals surface area contributed by atoms with Crippen molar-refractivity contribution >= 4 is 28.4 Å². The number of aromatic hydroxyl groups is 1. The second-order valence-corrected chi connectivity index (χ2v) is 6.30. The van der Waals surface area contributed by atoms with Crippen molar-refractivity contribution in [3.05, 3.63) is 69.1 Å². The van der Waals surface area contributed by atoms with Crippen molar-refractivity contribution in [1.82, 2.24) is 4.98 Å². The van der Waals surface area contributed by atoms with E-state index in [9.17, 15) is 15.2 Å². The van der Waals surface area contributed by atoms with E-state index in [2.05, 4.69) is 15.5 Å². The monoisotopic (exact) mass is 368 g/mol. The number of phenolic OH excluding ortho intramolecular Hbond substituents is 1. The summed E-state index contributed by atoms with van der Waals surface area (Å²) >= 11 is 1.39. The van der Waals surface area contributed by atoms with Crippen LogP contribution in [0, 0.1) is 10.1 Å². The second-order valence-electron chi connectivity index (χ2n) is 5.44. The Kier molecular flexibility index (Phi) is 5.23. The predicted octanol–water partition coefficient (Wildman–Crippen LogP) is 4.43. The Labute approximate surface area is 153 Å². The predicted molar refractivity (Wildman–Crippen MR) is 103 cm³/mol. The van der Waals surface area contributed by atoms with E-state index in [4.69, 9.17) is 0 Å². The third kappa shape index (κ3) is 3.86. The summed E-state index contributed by atoms with van der Waals surface area (Å²) in [4.78, 5) is 14.9. The third-order valence-corrected chi connectivity index (χ3v) is 4.47. The van der Waals surface area contributed by atoms with Crippen LogP contribution < -0.4 is 5.43 Å². The van der Waals surface area contributed by atoms with Crippen molar-refractivity contribution in [2.75, 3.05) is 5.43 Å². The van der Waals surface area contributed by atoms with Crippen LogP contribution in [0.1, 0.15) is 18.1 Å². The number of benzene rings is 2. The molecule has 3 rings (SSSR count). The van der Waals surface area contributed by atoms with E-state index >= 15 is 0 Å². The second kappa shape index (κ2) is 7.75. The molecule has 0 aliphatic rings. The molecule has 0 saturated carbocycles. The van der Waals surface area contributed by atoms with Gasteiger partial charge in [-0.3, -0.25) is 15.5 Å². The van der Waals surface area contributed by atoms with Crippen molar-refractivity contribution in [3.63, 3.8) is 0 Å². The zero-order chi connectivity index (χ0) is 18.5. The maximum Gasteiger partial charge on any atom is 0.311 e. The molecule has 26 heavy (non-hydrogen) atoms. The van der Waals surface area contributed by atoms with Gasteiger partial charge in [0.25, 0.3) is 0 Å². The summed E-state index contributed by atoms with van der Waals surface area (Å²) in [6.07, 6.45) is 1.97. The summed E-state index contributed by atoms with van der Waals surface area (Å²) in [6.45, 7) is 1.88. The number of hydrogen-bond donors (Lipinski definition) is 2. The number of aryl methyl sites for hydroxylation is 1. The molecule has 8 heteroatoms. The molecule has 0 atom stereocenters. The summed E-state index contributed by atoms with van der Waals surface area (Å²) in [6, 6.07) is 12.8. The highest BCUT2D eigenvalue weighted by Crippen LogP contribution is 2.30. The van der Waals surface area contributed by atoms with Gasteiger partial charge in [-0.15, -0.1) is 11.3 Å². The number of anilines is 1. The molecule has 2 aromatic carbocycles. The van der Waals surface area contributed by atoms with Gasteiger partial charge in [0.05, 0.1) is 16.8 Å². The van der Waals surface area contributed by atoms with Crippen molar-refractivity contribution in [3.8, 4) is 17.0 Å². The summed E-state index contributed by atoms with van der Waals surface area (Å²) in [7, 11) is 0. The normalized spacial score (nSPS) is 11.0. The molecule has 0 aliphatic heterocycles. The maximum absolute atomic E-state index is 11.1. The number of nitrogens with zero attached hydrogens (tertiary/aromatic N) is 3. The number of aromatic nitrogens is 1. The first-order valence-corrected chi connectivity index (χ1v) is 8.76. The van der Waals surface area contributed by atoms with Crippen LogP contribution in [0.5, 0.6) is 5.75 Å². The van der Waals surface area contributed by atoms with Gasteiger partial charge in [-0.05, 0) is 18.1 Å². The van der Waals surface area contributed by atoms with Gasteiger partial charge in [-0.25, -0.2) is 4.98 Å². The van der Waals surface area contributed by atoms with Gasteiger partial charge in [0.1, 0.15) is 0 Å². The van der Waals surface area contributed by atoms with Crippen LogP contribution in [0.15, 0.2) is 52.9 Å². The van der Waals surface area contributed by atoms with E-state index in [1.165, 1.54) is 23.6 Å². The van der Waals surface area contributed by atoms with Crippen molar-refractivity contribution < 1.29 is 10.0 Å².